The minimum Gasteiger partial charge on any atom is -0.396 e. The molecule has 0 radical (unpaired) electrons. The average Bonchev–Trinajstić information content (AvgIpc) is 2.54. The monoisotopic (exact) mass is 307 g/mol. The van der Waals surface area contributed by atoms with Crippen molar-refractivity contribution in [2.45, 2.75) is 25.8 Å². The third-order valence-corrected chi connectivity index (χ3v) is 3.93. The first kappa shape index (κ1) is 16.5. The summed E-state index contributed by atoms with van der Waals surface area (Å²) in [5.74, 6) is 1.77. The Kier molecular flexibility index (Phi) is 5.54. The molecule has 122 valence electrons. The van der Waals surface area contributed by atoms with Crippen LogP contribution in [0, 0.1) is 5.92 Å². The van der Waals surface area contributed by atoms with Crippen molar-refractivity contribution >= 4 is 17.5 Å². The molecule has 7 heteroatoms. The van der Waals surface area contributed by atoms with Crippen molar-refractivity contribution in [1.82, 2.24) is 14.9 Å². The molecule has 0 saturated carbocycles. The first-order chi connectivity index (χ1) is 10.5. The summed E-state index contributed by atoms with van der Waals surface area (Å²) in [7, 11) is 3.46. The van der Waals surface area contributed by atoms with E-state index in [0.717, 1.165) is 31.7 Å². The van der Waals surface area contributed by atoms with E-state index in [9.17, 15) is 9.90 Å². The summed E-state index contributed by atoms with van der Waals surface area (Å²) in [4.78, 5) is 24.1. The highest BCUT2D eigenvalue weighted by atomic mass is 16.3. The number of aromatic nitrogens is 2. The van der Waals surface area contributed by atoms with Crippen molar-refractivity contribution in [2.75, 3.05) is 44.0 Å². The number of hydrogen-bond donors (Lipinski definition) is 2. The normalized spacial score (nSPS) is 19.6. The summed E-state index contributed by atoms with van der Waals surface area (Å²) in [6, 6.07) is 1.52. The predicted molar refractivity (Wildman–Crippen MR) is 85.8 cm³/mol. The van der Waals surface area contributed by atoms with Crippen LogP contribution in [-0.4, -0.2) is 65.7 Å². The molecule has 22 heavy (non-hydrogen) atoms. The smallest absolute Gasteiger partial charge is 0.244 e. The molecule has 1 aromatic rings. The molecule has 0 aliphatic carbocycles. The van der Waals surface area contributed by atoms with Crippen LogP contribution >= 0.6 is 0 Å². The number of carbonyl (C=O) groups excluding carboxylic acids is 1. The van der Waals surface area contributed by atoms with Crippen LogP contribution in [0.2, 0.25) is 0 Å². The molecule has 1 fully saturated rings. The number of nitrogens with one attached hydrogen (secondary N) is 1. The lowest BCUT2D eigenvalue weighted by molar-refractivity contribution is -0.129. The van der Waals surface area contributed by atoms with Gasteiger partial charge in [0.2, 0.25) is 5.91 Å². The fourth-order valence-electron chi connectivity index (χ4n) is 2.69. The zero-order chi connectivity index (χ0) is 16.1. The summed E-state index contributed by atoms with van der Waals surface area (Å²) in [5, 5.41) is 12.4. The summed E-state index contributed by atoms with van der Waals surface area (Å²) in [6.45, 7) is 3.76. The molecule has 0 bridgehead atoms. The van der Waals surface area contributed by atoms with Gasteiger partial charge >= 0.3 is 0 Å². The van der Waals surface area contributed by atoms with Crippen LogP contribution in [0.25, 0.3) is 0 Å². The van der Waals surface area contributed by atoms with Crippen LogP contribution in [0.3, 0.4) is 0 Å². The van der Waals surface area contributed by atoms with Gasteiger partial charge in [-0.3, -0.25) is 4.79 Å². The molecule has 0 spiro atoms. The van der Waals surface area contributed by atoms with Gasteiger partial charge in [-0.25, -0.2) is 9.97 Å². The van der Waals surface area contributed by atoms with Gasteiger partial charge in [-0.05, 0) is 25.7 Å². The maximum atomic E-state index is 11.9. The molecule has 1 aliphatic rings. The lowest BCUT2D eigenvalue weighted by Gasteiger charge is -2.32. The average molecular weight is 307 g/mol. The van der Waals surface area contributed by atoms with E-state index in [1.165, 1.54) is 6.33 Å². The van der Waals surface area contributed by atoms with Gasteiger partial charge in [0, 0.05) is 39.9 Å². The molecule has 1 saturated heterocycles. The Morgan fingerprint density at radius 1 is 1.55 bits per heavy atom. The van der Waals surface area contributed by atoms with Crippen molar-refractivity contribution in [2.24, 2.45) is 5.92 Å². The van der Waals surface area contributed by atoms with Crippen LogP contribution in [-0.2, 0) is 4.79 Å². The van der Waals surface area contributed by atoms with Gasteiger partial charge in [-0.1, -0.05) is 0 Å². The lowest BCUT2D eigenvalue weighted by atomic mass is 9.99. The van der Waals surface area contributed by atoms with Gasteiger partial charge in [0.05, 0.1) is 0 Å². The molecule has 7 nitrogen and oxygen atoms in total. The highest BCUT2D eigenvalue weighted by Gasteiger charge is 2.21. The fraction of sp³-hybridized carbons (Fsp3) is 0.667. The highest BCUT2D eigenvalue weighted by molar-refractivity contribution is 5.83. The topological polar surface area (TPSA) is 81.6 Å². The minimum atomic E-state index is -0.343. The van der Waals surface area contributed by atoms with E-state index in [0.29, 0.717) is 11.7 Å². The number of aliphatic hydroxyl groups is 1. The van der Waals surface area contributed by atoms with Gasteiger partial charge in [0.15, 0.2) is 0 Å². The highest BCUT2D eigenvalue weighted by Crippen LogP contribution is 2.22. The number of amides is 1. The quantitative estimate of drug-likeness (QED) is 0.828. The van der Waals surface area contributed by atoms with Crippen molar-refractivity contribution < 1.29 is 9.90 Å². The zero-order valence-electron chi connectivity index (χ0n) is 13.5. The molecular formula is C15H25N5O2. The molecule has 1 unspecified atom stereocenters. The second kappa shape index (κ2) is 7.40. The van der Waals surface area contributed by atoms with E-state index in [1.54, 1.807) is 19.0 Å². The molecule has 2 rings (SSSR count). The van der Waals surface area contributed by atoms with E-state index in [1.807, 2.05) is 13.0 Å². The number of likely N-dealkylation sites (N-methyl/N-ethyl adjacent to an activating group) is 1. The SMILES string of the molecule is C[C@H](Nc1cc(N2CCCC(CO)C2)ncn1)C(=O)N(C)C. The third kappa shape index (κ3) is 4.07. The summed E-state index contributed by atoms with van der Waals surface area (Å²) in [6.07, 6.45) is 3.61. The van der Waals surface area contributed by atoms with E-state index in [2.05, 4.69) is 20.2 Å². The number of aliphatic hydroxyl groups excluding tert-OH is 1. The van der Waals surface area contributed by atoms with Crippen molar-refractivity contribution in [3.05, 3.63) is 12.4 Å². The molecular weight excluding hydrogens is 282 g/mol. The maximum Gasteiger partial charge on any atom is 0.244 e. The molecule has 2 heterocycles. The number of piperidine rings is 1. The van der Waals surface area contributed by atoms with Gasteiger partial charge in [-0.15, -0.1) is 0 Å². The predicted octanol–water partition coefficient (Wildman–Crippen LogP) is 0.574. The Labute approximate surface area is 131 Å². The fourth-order valence-corrected chi connectivity index (χ4v) is 2.69. The van der Waals surface area contributed by atoms with Crippen LogP contribution < -0.4 is 10.2 Å². The number of hydrogen-bond acceptors (Lipinski definition) is 6. The molecule has 1 aliphatic heterocycles. The Morgan fingerprint density at radius 3 is 3.00 bits per heavy atom. The summed E-state index contributed by atoms with van der Waals surface area (Å²) in [5.41, 5.74) is 0. The summed E-state index contributed by atoms with van der Waals surface area (Å²) < 4.78 is 0. The number of anilines is 2. The first-order valence-electron chi connectivity index (χ1n) is 7.66. The Morgan fingerprint density at radius 2 is 2.32 bits per heavy atom. The molecule has 1 aromatic heterocycles. The standard InChI is InChI=1S/C15H25N5O2/c1-11(15(22)19(2)3)18-13-7-14(17-10-16-13)20-6-4-5-12(8-20)9-21/h7,10-12,21H,4-6,8-9H2,1-3H3,(H,16,17,18)/t11-,12?/m0/s1. The van der Waals surface area contributed by atoms with Crippen LogP contribution in [0.4, 0.5) is 11.6 Å². The van der Waals surface area contributed by atoms with Crippen molar-refractivity contribution in [3.63, 3.8) is 0 Å². The van der Waals surface area contributed by atoms with Crippen LogP contribution in [0.1, 0.15) is 19.8 Å². The van der Waals surface area contributed by atoms with E-state index in [-0.39, 0.29) is 18.6 Å². The van der Waals surface area contributed by atoms with Crippen LogP contribution in [0.15, 0.2) is 12.4 Å². The van der Waals surface area contributed by atoms with Crippen LogP contribution in [0.5, 0.6) is 0 Å². The Balaban J connectivity index is 2.05. The molecule has 2 atom stereocenters. The van der Waals surface area contributed by atoms with Crippen molar-refractivity contribution in [1.29, 1.82) is 0 Å². The third-order valence-electron chi connectivity index (χ3n) is 3.93. The van der Waals surface area contributed by atoms with Gasteiger partial charge in [0.25, 0.3) is 0 Å². The van der Waals surface area contributed by atoms with E-state index < -0.39 is 0 Å². The first-order valence-corrected chi connectivity index (χ1v) is 7.66. The Hall–Kier alpha value is -1.89. The second-order valence-corrected chi connectivity index (χ2v) is 6.00. The maximum absolute atomic E-state index is 11.9. The van der Waals surface area contributed by atoms with E-state index >= 15 is 0 Å². The van der Waals surface area contributed by atoms with Crippen molar-refractivity contribution in [3.8, 4) is 0 Å². The van der Waals surface area contributed by atoms with Gasteiger partial charge < -0.3 is 20.2 Å². The van der Waals surface area contributed by atoms with E-state index in [4.69, 9.17) is 0 Å². The van der Waals surface area contributed by atoms with Gasteiger partial charge in [0.1, 0.15) is 24.0 Å². The number of nitrogens with zero attached hydrogens (tertiary/aromatic N) is 4. The Bertz CT molecular complexity index is 508. The largest absolute Gasteiger partial charge is 0.396 e. The molecule has 2 N–H and O–H groups in total. The second-order valence-electron chi connectivity index (χ2n) is 6.00. The number of carbonyl (C=O) groups is 1. The molecule has 0 aromatic carbocycles. The summed E-state index contributed by atoms with van der Waals surface area (Å²) >= 11 is 0. The molecule has 1 amide bonds. The van der Waals surface area contributed by atoms with Gasteiger partial charge in [-0.2, -0.15) is 0 Å². The lowest BCUT2D eigenvalue weighted by Crippen LogP contribution is -2.38. The zero-order valence-corrected chi connectivity index (χ0v) is 13.5. The minimum absolute atomic E-state index is 0.00141. The number of rotatable bonds is 5.